The topological polar surface area (TPSA) is 53.0 Å². The van der Waals surface area contributed by atoms with Gasteiger partial charge in [0.15, 0.2) is 5.17 Å². The monoisotopic (exact) mass is 451 g/mol. The summed E-state index contributed by atoms with van der Waals surface area (Å²) in [5, 5.41) is 4.15. The maximum Gasteiger partial charge on any atom is 0.253 e. The first kappa shape index (κ1) is 21.7. The number of rotatable bonds is 3. The number of carbonyl (C=O) groups excluding carboxylic acids is 2. The number of hydrazine groups is 1. The number of thioether (sulfide) groups is 1. The third kappa shape index (κ3) is 3.17. The molecule has 1 aromatic carbocycles. The van der Waals surface area contributed by atoms with Gasteiger partial charge in [0, 0.05) is 17.7 Å². The van der Waals surface area contributed by atoms with E-state index in [1.807, 2.05) is 29.3 Å². The number of amidine groups is 1. The smallest absolute Gasteiger partial charge is 0.253 e. The number of amides is 2. The molecule has 1 saturated carbocycles. The minimum absolute atomic E-state index is 0.0249. The first-order valence-corrected chi connectivity index (χ1v) is 12.9. The Morgan fingerprint density at radius 3 is 2.41 bits per heavy atom. The fourth-order valence-electron chi connectivity index (χ4n) is 6.16. The van der Waals surface area contributed by atoms with Crippen LogP contribution < -0.4 is 0 Å². The Balaban J connectivity index is 1.56. The van der Waals surface area contributed by atoms with Crippen LogP contribution in [0.15, 0.2) is 41.4 Å². The zero-order chi connectivity index (χ0) is 22.7. The average Bonchev–Trinajstić information content (AvgIpc) is 2.91. The van der Waals surface area contributed by atoms with Crippen molar-refractivity contribution in [1.29, 1.82) is 0 Å². The molecule has 1 aromatic rings. The van der Waals surface area contributed by atoms with Crippen LogP contribution in [-0.4, -0.2) is 39.3 Å². The third-order valence-corrected chi connectivity index (χ3v) is 9.29. The molecule has 0 N–H and O–H groups in total. The van der Waals surface area contributed by atoms with Crippen molar-refractivity contribution in [2.24, 2.45) is 33.6 Å². The van der Waals surface area contributed by atoms with Crippen LogP contribution in [0.3, 0.4) is 0 Å². The molecule has 5 aliphatic rings. The molecular formula is C26H33N3O2S. The van der Waals surface area contributed by atoms with Gasteiger partial charge < -0.3 is 0 Å². The van der Waals surface area contributed by atoms with Crippen LogP contribution in [0.4, 0.5) is 5.69 Å². The molecule has 2 unspecified atom stereocenters. The Hall–Kier alpha value is -2.08. The molecule has 0 aromatic heterocycles. The standard InChI is InChI=1S/C26H33N3O2S/c1-17(2)26-13-11-25(4,12-14-26)20-21(26)23(31)29(22(20)30)28-15-5-6-16-32-24(28)27-19-9-7-18(3)8-10-19/h7-11,13,17,20-21H,5-6,12,14-16H2,1-4H3/t20?,21?,25-,26+/m0/s1. The number of benzene rings is 1. The molecular weight excluding hydrogens is 418 g/mol. The summed E-state index contributed by atoms with van der Waals surface area (Å²) in [6, 6.07) is 8.08. The predicted molar refractivity (Wildman–Crippen MR) is 129 cm³/mol. The van der Waals surface area contributed by atoms with E-state index in [0.717, 1.165) is 42.3 Å². The normalized spacial score (nSPS) is 35.7. The number of hydrogen-bond donors (Lipinski definition) is 0. The Morgan fingerprint density at radius 1 is 1.03 bits per heavy atom. The number of aliphatic imine (C=N–C) groups is 1. The highest BCUT2D eigenvalue weighted by atomic mass is 32.2. The van der Waals surface area contributed by atoms with Crippen LogP contribution in [0.1, 0.15) is 52.0 Å². The molecule has 0 radical (unpaired) electrons. The van der Waals surface area contributed by atoms with Crippen molar-refractivity contribution in [1.82, 2.24) is 10.0 Å². The van der Waals surface area contributed by atoms with E-state index in [4.69, 9.17) is 4.99 Å². The van der Waals surface area contributed by atoms with Gasteiger partial charge in [-0.3, -0.25) is 14.6 Å². The maximum atomic E-state index is 14.0. The second-order valence-electron chi connectivity index (χ2n) is 10.5. The Kier molecular flexibility index (Phi) is 5.27. The first-order valence-electron chi connectivity index (χ1n) is 11.9. The van der Waals surface area contributed by atoms with Gasteiger partial charge in [-0.05, 0) is 56.1 Å². The lowest BCUT2D eigenvalue weighted by Crippen LogP contribution is -2.53. The summed E-state index contributed by atoms with van der Waals surface area (Å²) in [6.45, 7) is 9.26. The predicted octanol–water partition coefficient (Wildman–Crippen LogP) is 5.34. The fraction of sp³-hybridized carbons (Fsp3) is 0.577. The van der Waals surface area contributed by atoms with Gasteiger partial charge in [0.05, 0.1) is 17.5 Å². The molecule has 32 heavy (non-hydrogen) atoms. The van der Waals surface area contributed by atoms with Crippen LogP contribution in [0.25, 0.3) is 0 Å². The SMILES string of the molecule is Cc1ccc(N=C2SCCCCN2N2C(=O)C3C(C2=O)[C@@]2(C)C=C[C@]3(C(C)C)CC2)cc1. The summed E-state index contributed by atoms with van der Waals surface area (Å²) in [5.74, 6) is 0.655. The lowest BCUT2D eigenvalue weighted by Gasteiger charge is -2.55. The van der Waals surface area contributed by atoms with Crippen LogP contribution >= 0.6 is 11.8 Å². The van der Waals surface area contributed by atoms with Gasteiger partial charge >= 0.3 is 0 Å². The van der Waals surface area contributed by atoms with Crippen LogP contribution in [0, 0.1) is 35.5 Å². The summed E-state index contributed by atoms with van der Waals surface area (Å²) >= 11 is 1.65. The summed E-state index contributed by atoms with van der Waals surface area (Å²) in [5.41, 5.74) is 1.57. The molecule has 2 heterocycles. The first-order chi connectivity index (χ1) is 15.3. The summed E-state index contributed by atoms with van der Waals surface area (Å²) in [7, 11) is 0. The summed E-state index contributed by atoms with van der Waals surface area (Å²) in [6.07, 6.45) is 8.45. The number of imide groups is 1. The van der Waals surface area contributed by atoms with Crippen molar-refractivity contribution in [3.8, 4) is 0 Å². The van der Waals surface area contributed by atoms with E-state index in [1.54, 1.807) is 11.8 Å². The highest BCUT2D eigenvalue weighted by Gasteiger charge is 2.68. The van der Waals surface area contributed by atoms with E-state index in [1.165, 1.54) is 10.6 Å². The number of nitrogens with zero attached hydrogens (tertiary/aromatic N) is 3. The quantitative estimate of drug-likeness (QED) is 0.460. The van der Waals surface area contributed by atoms with Gasteiger partial charge in [-0.1, -0.05) is 62.4 Å². The molecule has 2 saturated heterocycles. The molecule has 5 nitrogen and oxygen atoms in total. The average molecular weight is 452 g/mol. The van der Waals surface area contributed by atoms with E-state index in [9.17, 15) is 9.59 Å². The zero-order valence-corrected chi connectivity index (χ0v) is 20.3. The molecule has 4 atom stereocenters. The lowest BCUT2D eigenvalue weighted by molar-refractivity contribution is -0.153. The van der Waals surface area contributed by atoms with Crippen LogP contribution in [0.2, 0.25) is 0 Å². The highest BCUT2D eigenvalue weighted by Crippen LogP contribution is 2.64. The van der Waals surface area contributed by atoms with Crippen molar-refractivity contribution in [2.75, 3.05) is 12.3 Å². The number of aryl methyl sites for hydroxylation is 1. The molecule has 6 rings (SSSR count). The highest BCUT2D eigenvalue weighted by molar-refractivity contribution is 8.13. The van der Waals surface area contributed by atoms with Gasteiger partial charge in [-0.25, -0.2) is 4.99 Å². The number of allylic oxidation sites excluding steroid dienone is 2. The number of hydrogen-bond acceptors (Lipinski definition) is 4. The van der Waals surface area contributed by atoms with E-state index in [0.29, 0.717) is 12.5 Å². The minimum atomic E-state index is -0.273. The molecule has 2 aliphatic heterocycles. The largest absolute Gasteiger partial charge is 0.272 e. The molecule has 2 bridgehead atoms. The van der Waals surface area contributed by atoms with Crippen molar-refractivity contribution < 1.29 is 9.59 Å². The maximum absolute atomic E-state index is 14.0. The fourth-order valence-corrected chi connectivity index (χ4v) is 7.18. The van der Waals surface area contributed by atoms with E-state index >= 15 is 0 Å². The second-order valence-corrected chi connectivity index (χ2v) is 11.5. The van der Waals surface area contributed by atoms with Gasteiger partial charge in [-0.15, -0.1) is 0 Å². The molecule has 3 fully saturated rings. The zero-order valence-electron chi connectivity index (χ0n) is 19.5. The van der Waals surface area contributed by atoms with E-state index < -0.39 is 0 Å². The Morgan fingerprint density at radius 2 is 1.75 bits per heavy atom. The molecule has 6 heteroatoms. The summed E-state index contributed by atoms with van der Waals surface area (Å²) in [4.78, 5) is 32.8. The van der Waals surface area contributed by atoms with Gasteiger partial charge in [0.1, 0.15) is 0 Å². The molecule has 2 amide bonds. The van der Waals surface area contributed by atoms with E-state index in [2.05, 4.69) is 39.8 Å². The number of carbonyl (C=O) groups is 2. The van der Waals surface area contributed by atoms with Crippen LogP contribution in [0.5, 0.6) is 0 Å². The minimum Gasteiger partial charge on any atom is -0.272 e. The second kappa shape index (κ2) is 7.75. The Labute approximate surface area is 195 Å². The van der Waals surface area contributed by atoms with Gasteiger partial charge in [0.25, 0.3) is 11.8 Å². The third-order valence-electron chi connectivity index (χ3n) is 8.23. The van der Waals surface area contributed by atoms with Crippen LogP contribution in [-0.2, 0) is 9.59 Å². The van der Waals surface area contributed by atoms with Crippen molar-refractivity contribution >= 4 is 34.4 Å². The van der Waals surface area contributed by atoms with Crippen molar-refractivity contribution in [2.45, 2.75) is 53.4 Å². The van der Waals surface area contributed by atoms with E-state index in [-0.39, 0.29) is 34.5 Å². The van der Waals surface area contributed by atoms with Gasteiger partial charge in [0.2, 0.25) is 0 Å². The molecule has 170 valence electrons. The number of fused-ring (bicyclic) bond motifs is 1. The Bertz CT molecular complexity index is 1000. The van der Waals surface area contributed by atoms with Gasteiger partial charge in [-0.2, -0.15) is 5.01 Å². The lowest BCUT2D eigenvalue weighted by atomic mass is 9.46. The van der Waals surface area contributed by atoms with Crippen molar-refractivity contribution in [3.63, 3.8) is 0 Å². The summed E-state index contributed by atoms with van der Waals surface area (Å²) < 4.78 is 0. The molecule has 3 aliphatic carbocycles. The molecule has 0 spiro atoms. The van der Waals surface area contributed by atoms with Crippen molar-refractivity contribution in [3.05, 3.63) is 42.0 Å².